The summed E-state index contributed by atoms with van der Waals surface area (Å²) >= 11 is 0. The quantitative estimate of drug-likeness (QED) is 0.673. The predicted molar refractivity (Wildman–Crippen MR) is 76.1 cm³/mol. The Morgan fingerprint density at radius 2 is 1.09 bits per heavy atom. The van der Waals surface area contributed by atoms with Gasteiger partial charge in [0.05, 0.1) is 63.7 Å². The molecule has 0 aromatic carbocycles. The number of hydrogen-bond acceptors (Lipinski definition) is 9. The van der Waals surface area contributed by atoms with Crippen molar-refractivity contribution >= 4 is 25.0 Å². The number of phosphoric ester groups is 1. The number of hydrogen-bond donors (Lipinski definition) is 1. The normalized spacial score (nSPS) is 45.1. The van der Waals surface area contributed by atoms with Crippen LogP contribution in [0.2, 0.25) is 0 Å². The second kappa shape index (κ2) is 6.47. The van der Waals surface area contributed by atoms with Gasteiger partial charge in [-0.15, -0.1) is 0 Å². The first kappa shape index (κ1) is 17.2. The van der Waals surface area contributed by atoms with Gasteiger partial charge >= 0.3 is 25.0 Å². The molecule has 6 heterocycles. The van der Waals surface area contributed by atoms with Gasteiger partial charge in [0, 0.05) is 0 Å². The van der Waals surface area contributed by atoms with Gasteiger partial charge in [-0.3, -0.25) is 9.05 Å². The Hall–Kier alpha value is 0.730. The molecular weight excluding hydrogens is 373 g/mol. The summed E-state index contributed by atoms with van der Waals surface area (Å²) in [6.07, 6.45) is 0. The minimum Gasteiger partial charge on any atom is -0.311 e. The van der Waals surface area contributed by atoms with Crippen LogP contribution in [0.1, 0.15) is 0 Å². The second-order valence-electron chi connectivity index (χ2n) is 6.10. The van der Waals surface area contributed by atoms with Gasteiger partial charge in [-0.2, -0.15) is 0 Å². The maximum Gasteiger partial charge on any atom is 0.472 e. The van der Waals surface area contributed by atoms with Gasteiger partial charge in [-0.25, -0.2) is 4.57 Å². The maximum absolute atomic E-state index is 12.1. The molecular formula is C10H17O10P3. The Balaban J connectivity index is 1.29. The van der Waals surface area contributed by atoms with Crippen LogP contribution in [0.5, 0.6) is 0 Å². The van der Waals surface area contributed by atoms with E-state index in [1.807, 2.05) is 0 Å². The summed E-state index contributed by atoms with van der Waals surface area (Å²) in [6.45, 7) is 2.16. The molecule has 0 aromatic rings. The lowest BCUT2D eigenvalue weighted by Gasteiger charge is -2.44. The van der Waals surface area contributed by atoms with E-state index in [-0.39, 0.29) is 13.2 Å². The molecule has 1 N–H and O–H groups in total. The van der Waals surface area contributed by atoms with E-state index in [1.165, 1.54) is 0 Å². The van der Waals surface area contributed by atoms with Crippen molar-refractivity contribution in [1.82, 2.24) is 0 Å². The second-order valence-corrected chi connectivity index (χ2v) is 10.0. The molecule has 23 heavy (non-hydrogen) atoms. The van der Waals surface area contributed by atoms with Gasteiger partial charge in [0.2, 0.25) is 0 Å². The number of fused-ring (bicyclic) bond motifs is 6. The number of phosphoric acid groups is 1. The lowest BCUT2D eigenvalue weighted by molar-refractivity contribution is -0.106. The highest BCUT2D eigenvalue weighted by Gasteiger charge is 2.48. The van der Waals surface area contributed by atoms with E-state index >= 15 is 0 Å². The monoisotopic (exact) mass is 390 g/mol. The number of rotatable bonds is 6. The maximum atomic E-state index is 12.1. The SMILES string of the molecule is O=P(O)(OCC12COP(OC1)OC2)OCC12COP(OC1)OC2. The van der Waals surface area contributed by atoms with E-state index in [1.54, 1.807) is 0 Å². The van der Waals surface area contributed by atoms with Crippen molar-refractivity contribution in [3.63, 3.8) is 0 Å². The minimum atomic E-state index is -4.23. The average Bonchev–Trinajstić information content (AvgIpc) is 2.62. The fourth-order valence-electron chi connectivity index (χ4n) is 2.34. The summed E-state index contributed by atoms with van der Waals surface area (Å²) in [6, 6.07) is 0. The van der Waals surface area contributed by atoms with Crippen LogP contribution < -0.4 is 0 Å². The molecule has 0 radical (unpaired) electrons. The van der Waals surface area contributed by atoms with Gasteiger partial charge in [-0.1, -0.05) is 0 Å². The van der Waals surface area contributed by atoms with E-state index < -0.39 is 35.9 Å². The predicted octanol–water partition coefficient (Wildman–Crippen LogP) is 1.70. The summed E-state index contributed by atoms with van der Waals surface area (Å²) in [5.74, 6) is 0. The summed E-state index contributed by atoms with van der Waals surface area (Å²) in [4.78, 5) is 9.90. The van der Waals surface area contributed by atoms with Crippen LogP contribution in [-0.2, 0) is 40.8 Å². The van der Waals surface area contributed by atoms with Gasteiger partial charge in [-0.05, 0) is 0 Å². The Morgan fingerprint density at radius 3 is 1.39 bits per heavy atom. The minimum absolute atomic E-state index is 0.0498. The van der Waals surface area contributed by atoms with E-state index in [2.05, 4.69) is 0 Å². The van der Waals surface area contributed by atoms with Crippen LogP contribution >= 0.6 is 25.0 Å². The van der Waals surface area contributed by atoms with Gasteiger partial charge < -0.3 is 32.0 Å². The van der Waals surface area contributed by atoms with Crippen LogP contribution in [0.4, 0.5) is 0 Å². The fraction of sp³-hybridized carbons (Fsp3) is 1.00. The van der Waals surface area contributed by atoms with Crippen LogP contribution in [0.3, 0.4) is 0 Å². The molecule has 6 aliphatic heterocycles. The van der Waals surface area contributed by atoms with Gasteiger partial charge in [0.15, 0.2) is 0 Å². The molecule has 13 heteroatoms. The Bertz CT molecular complexity index is 420. The highest BCUT2D eigenvalue weighted by atomic mass is 31.2. The molecule has 10 nitrogen and oxygen atoms in total. The largest absolute Gasteiger partial charge is 0.472 e. The van der Waals surface area contributed by atoms with E-state index in [9.17, 15) is 9.46 Å². The molecule has 6 aliphatic rings. The highest BCUT2D eigenvalue weighted by molar-refractivity contribution is 7.47. The molecule has 6 saturated heterocycles. The highest BCUT2D eigenvalue weighted by Crippen LogP contribution is 2.57. The van der Waals surface area contributed by atoms with Crippen molar-refractivity contribution < 1.29 is 45.6 Å². The van der Waals surface area contributed by atoms with E-state index in [4.69, 9.17) is 36.2 Å². The molecule has 6 fully saturated rings. The summed E-state index contributed by atoms with van der Waals surface area (Å²) in [5.41, 5.74) is -1.14. The van der Waals surface area contributed by atoms with Crippen molar-refractivity contribution in [2.75, 3.05) is 52.9 Å². The smallest absolute Gasteiger partial charge is 0.311 e. The van der Waals surface area contributed by atoms with Crippen molar-refractivity contribution in [3.05, 3.63) is 0 Å². The third-order valence-electron chi connectivity index (χ3n) is 3.92. The Labute approximate surface area is 135 Å². The molecule has 0 atom stereocenters. The first-order valence-corrected chi connectivity index (χ1v) is 10.7. The van der Waals surface area contributed by atoms with Crippen LogP contribution in [0, 0.1) is 10.8 Å². The summed E-state index contributed by atoms with van der Waals surface area (Å²) in [7, 11) is -6.73. The molecule has 132 valence electrons. The molecule has 0 unspecified atom stereocenters. The zero-order valence-electron chi connectivity index (χ0n) is 12.1. The Kier molecular flexibility index (Phi) is 4.83. The molecule has 0 spiro atoms. The van der Waals surface area contributed by atoms with Crippen molar-refractivity contribution in [1.29, 1.82) is 0 Å². The third-order valence-corrected chi connectivity index (χ3v) is 6.87. The van der Waals surface area contributed by atoms with Crippen molar-refractivity contribution in [3.8, 4) is 0 Å². The average molecular weight is 390 g/mol. The van der Waals surface area contributed by atoms with E-state index in [0.29, 0.717) is 39.6 Å². The lowest BCUT2D eigenvalue weighted by Crippen LogP contribution is -2.47. The van der Waals surface area contributed by atoms with Crippen LogP contribution in [0.25, 0.3) is 0 Å². The zero-order chi connectivity index (χ0) is 16.0. The molecule has 0 saturated carbocycles. The summed E-state index contributed by atoms with van der Waals surface area (Å²) < 4.78 is 54.3. The fourth-order valence-corrected chi connectivity index (χ4v) is 6.01. The van der Waals surface area contributed by atoms with Crippen molar-refractivity contribution in [2.24, 2.45) is 10.8 Å². The lowest BCUT2D eigenvalue weighted by atomic mass is 9.93. The van der Waals surface area contributed by atoms with E-state index in [0.717, 1.165) is 0 Å². The van der Waals surface area contributed by atoms with Crippen LogP contribution in [0.15, 0.2) is 0 Å². The zero-order valence-corrected chi connectivity index (χ0v) is 14.8. The first-order chi connectivity index (χ1) is 11.0. The standard InChI is InChI=1S/C10H17O10P3/c11-23(12,19-7-9-1-13-21(14-2-9)15-3-9)20-8-10-4-16-22(17-5-10)18-6-10/h1-8H2,(H,11,12). The van der Waals surface area contributed by atoms with Gasteiger partial charge in [0.1, 0.15) is 0 Å². The first-order valence-electron chi connectivity index (χ1n) is 6.98. The van der Waals surface area contributed by atoms with Crippen LogP contribution in [-0.4, -0.2) is 57.7 Å². The molecule has 0 aromatic heterocycles. The van der Waals surface area contributed by atoms with Gasteiger partial charge in [0.25, 0.3) is 0 Å². The topological polar surface area (TPSA) is 111 Å². The molecule has 0 aliphatic carbocycles. The Morgan fingerprint density at radius 1 is 0.783 bits per heavy atom. The van der Waals surface area contributed by atoms with Crippen molar-refractivity contribution in [2.45, 2.75) is 0 Å². The third kappa shape index (κ3) is 3.80. The molecule has 6 rings (SSSR count). The summed E-state index contributed by atoms with van der Waals surface area (Å²) in [5, 5.41) is 0. The molecule has 0 amide bonds. The molecule has 4 bridgehead atoms.